The first kappa shape index (κ1) is 15.5. The van der Waals surface area contributed by atoms with Crippen LogP contribution in [0.4, 0.5) is 10.1 Å². The molecule has 0 aliphatic carbocycles. The maximum Gasteiger partial charge on any atom is 0.214 e. The van der Waals surface area contributed by atoms with E-state index in [2.05, 4.69) is 4.90 Å². The molecule has 0 radical (unpaired) electrons. The lowest BCUT2D eigenvalue weighted by molar-refractivity contribution is 0.384. The summed E-state index contributed by atoms with van der Waals surface area (Å²) < 4.78 is 38.5. The fraction of sp³-hybridized carbons (Fsp3) is 0.538. The van der Waals surface area contributed by atoms with Crippen LogP contribution in [-0.4, -0.2) is 50.5 Å². The molecule has 20 heavy (non-hydrogen) atoms. The van der Waals surface area contributed by atoms with Gasteiger partial charge in [0.1, 0.15) is 5.82 Å². The highest BCUT2D eigenvalue weighted by Crippen LogP contribution is 2.18. The highest BCUT2D eigenvalue weighted by Gasteiger charge is 2.26. The number of hydrogen-bond donors (Lipinski definition) is 0. The molecule has 1 aliphatic rings. The number of rotatable bonds is 5. The molecule has 4 nitrogen and oxygen atoms in total. The van der Waals surface area contributed by atoms with Crippen molar-refractivity contribution in [1.82, 2.24) is 4.31 Å². The first-order valence-corrected chi connectivity index (χ1v) is 8.71. The van der Waals surface area contributed by atoms with Crippen molar-refractivity contribution in [2.45, 2.75) is 6.42 Å². The second-order valence-corrected chi connectivity index (χ2v) is 7.19. The Kier molecular flexibility index (Phi) is 5.23. The number of halogens is 2. The molecule has 1 aliphatic heterocycles. The lowest BCUT2D eigenvalue weighted by Crippen LogP contribution is -2.49. The average molecular weight is 321 g/mol. The lowest BCUT2D eigenvalue weighted by Gasteiger charge is -2.35. The number of benzene rings is 1. The summed E-state index contributed by atoms with van der Waals surface area (Å²) in [5.41, 5.74) is 0.921. The van der Waals surface area contributed by atoms with Gasteiger partial charge in [0.05, 0.1) is 5.75 Å². The Labute approximate surface area is 124 Å². The number of piperazine rings is 1. The molecule has 1 fully saturated rings. The molecule has 0 aromatic heterocycles. The molecular weight excluding hydrogens is 303 g/mol. The van der Waals surface area contributed by atoms with Crippen LogP contribution in [0.3, 0.4) is 0 Å². The van der Waals surface area contributed by atoms with Crippen LogP contribution in [0.25, 0.3) is 0 Å². The fourth-order valence-electron chi connectivity index (χ4n) is 2.24. The van der Waals surface area contributed by atoms with E-state index in [4.69, 9.17) is 11.6 Å². The van der Waals surface area contributed by atoms with Crippen LogP contribution in [-0.2, 0) is 10.0 Å². The van der Waals surface area contributed by atoms with E-state index in [1.165, 1.54) is 16.4 Å². The molecular formula is C13H18ClFN2O2S. The van der Waals surface area contributed by atoms with Gasteiger partial charge in [-0.3, -0.25) is 0 Å². The summed E-state index contributed by atoms with van der Waals surface area (Å²) in [5, 5.41) is 0. The van der Waals surface area contributed by atoms with Gasteiger partial charge in [0.15, 0.2) is 0 Å². The molecule has 0 bridgehead atoms. The van der Waals surface area contributed by atoms with Crippen molar-refractivity contribution < 1.29 is 12.8 Å². The molecule has 0 amide bonds. The number of anilines is 1. The SMILES string of the molecule is O=S(=O)(CCCCl)N1CCN(c2ccc(F)cc2)CC1. The Morgan fingerprint density at radius 2 is 1.70 bits per heavy atom. The smallest absolute Gasteiger partial charge is 0.214 e. The maximum absolute atomic E-state index is 12.9. The van der Waals surface area contributed by atoms with Gasteiger partial charge < -0.3 is 4.90 Å². The highest BCUT2D eigenvalue weighted by molar-refractivity contribution is 7.89. The van der Waals surface area contributed by atoms with Gasteiger partial charge in [-0.1, -0.05) is 0 Å². The number of alkyl halides is 1. The molecule has 1 aromatic carbocycles. The van der Waals surface area contributed by atoms with Crippen molar-refractivity contribution in [3.63, 3.8) is 0 Å². The predicted octanol–water partition coefficient (Wildman–Crippen LogP) is 1.91. The monoisotopic (exact) mass is 320 g/mol. The van der Waals surface area contributed by atoms with Gasteiger partial charge >= 0.3 is 0 Å². The first-order valence-electron chi connectivity index (χ1n) is 6.57. The highest BCUT2D eigenvalue weighted by atomic mass is 35.5. The van der Waals surface area contributed by atoms with E-state index in [1.807, 2.05) is 0 Å². The summed E-state index contributed by atoms with van der Waals surface area (Å²) in [6.45, 7) is 2.15. The molecule has 1 saturated heterocycles. The standard InChI is InChI=1S/C13H18ClFN2O2S/c14-6-1-11-20(18,19)17-9-7-16(8-10-17)13-4-2-12(15)3-5-13/h2-5H,1,6-11H2. The average Bonchev–Trinajstić information content (AvgIpc) is 2.46. The van der Waals surface area contributed by atoms with Crippen molar-refractivity contribution in [2.75, 3.05) is 42.7 Å². The summed E-state index contributed by atoms with van der Waals surface area (Å²) in [4.78, 5) is 2.06. The Morgan fingerprint density at radius 1 is 1.10 bits per heavy atom. The van der Waals surface area contributed by atoms with E-state index in [1.54, 1.807) is 12.1 Å². The zero-order chi connectivity index (χ0) is 14.6. The topological polar surface area (TPSA) is 40.6 Å². The Bertz CT molecular complexity index is 528. The lowest BCUT2D eigenvalue weighted by atomic mass is 10.2. The van der Waals surface area contributed by atoms with Crippen LogP contribution in [0.1, 0.15) is 6.42 Å². The first-order chi connectivity index (χ1) is 9.53. The van der Waals surface area contributed by atoms with E-state index in [0.717, 1.165) is 5.69 Å². The van der Waals surface area contributed by atoms with E-state index < -0.39 is 10.0 Å². The van der Waals surface area contributed by atoms with Crippen LogP contribution in [0, 0.1) is 5.82 Å². The quantitative estimate of drug-likeness (QED) is 0.778. The summed E-state index contributed by atoms with van der Waals surface area (Å²) in [6.07, 6.45) is 0.474. The molecule has 0 unspecified atom stereocenters. The van der Waals surface area contributed by atoms with Gasteiger partial charge in [-0.2, -0.15) is 4.31 Å². The van der Waals surface area contributed by atoms with Gasteiger partial charge in [0, 0.05) is 37.7 Å². The molecule has 2 rings (SSSR count). The van der Waals surface area contributed by atoms with Gasteiger partial charge in [-0.15, -0.1) is 11.6 Å². The predicted molar refractivity (Wildman–Crippen MR) is 79.3 cm³/mol. The maximum atomic E-state index is 12.9. The number of sulfonamides is 1. The van der Waals surface area contributed by atoms with Crippen LogP contribution in [0.2, 0.25) is 0 Å². The normalized spacial score (nSPS) is 17.4. The molecule has 1 heterocycles. The molecule has 0 atom stereocenters. The largest absolute Gasteiger partial charge is 0.369 e. The zero-order valence-corrected chi connectivity index (χ0v) is 12.7. The Morgan fingerprint density at radius 3 is 2.25 bits per heavy atom. The second-order valence-electron chi connectivity index (χ2n) is 4.72. The van der Waals surface area contributed by atoms with Gasteiger partial charge in [0.2, 0.25) is 10.0 Å². The van der Waals surface area contributed by atoms with Crippen molar-refractivity contribution in [1.29, 1.82) is 0 Å². The number of nitrogens with zero attached hydrogens (tertiary/aromatic N) is 2. The van der Waals surface area contributed by atoms with Crippen LogP contribution < -0.4 is 4.90 Å². The summed E-state index contributed by atoms with van der Waals surface area (Å²) in [7, 11) is -3.20. The molecule has 7 heteroatoms. The van der Waals surface area contributed by atoms with Crippen molar-refractivity contribution >= 4 is 27.3 Å². The third-order valence-electron chi connectivity index (χ3n) is 3.36. The zero-order valence-electron chi connectivity index (χ0n) is 11.1. The van der Waals surface area contributed by atoms with Gasteiger partial charge in [-0.25, -0.2) is 12.8 Å². The Hall–Kier alpha value is -0.850. The molecule has 0 spiro atoms. The van der Waals surface area contributed by atoms with Crippen LogP contribution >= 0.6 is 11.6 Å². The molecule has 0 N–H and O–H groups in total. The van der Waals surface area contributed by atoms with Gasteiger partial charge in [0.25, 0.3) is 0 Å². The fourth-order valence-corrected chi connectivity index (χ4v) is 4.02. The Balaban J connectivity index is 1.93. The van der Waals surface area contributed by atoms with Crippen molar-refractivity contribution in [3.8, 4) is 0 Å². The summed E-state index contributed by atoms with van der Waals surface area (Å²) in [6, 6.07) is 6.26. The molecule has 0 saturated carbocycles. The van der Waals surface area contributed by atoms with E-state index in [-0.39, 0.29) is 11.6 Å². The minimum Gasteiger partial charge on any atom is -0.369 e. The minimum atomic E-state index is -3.20. The summed E-state index contributed by atoms with van der Waals surface area (Å²) >= 11 is 5.54. The van der Waals surface area contributed by atoms with E-state index in [9.17, 15) is 12.8 Å². The van der Waals surface area contributed by atoms with Crippen LogP contribution in [0.5, 0.6) is 0 Å². The van der Waals surface area contributed by atoms with E-state index in [0.29, 0.717) is 38.5 Å². The van der Waals surface area contributed by atoms with Crippen LogP contribution in [0.15, 0.2) is 24.3 Å². The third-order valence-corrected chi connectivity index (χ3v) is 5.58. The van der Waals surface area contributed by atoms with Gasteiger partial charge in [-0.05, 0) is 30.7 Å². The van der Waals surface area contributed by atoms with E-state index >= 15 is 0 Å². The summed E-state index contributed by atoms with van der Waals surface area (Å²) in [5.74, 6) is 0.193. The molecule has 1 aromatic rings. The second kappa shape index (κ2) is 6.74. The minimum absolute atomic E-state index is 0.104. The van der Waals surface area contributed by atoms with Crippen molar-refractivity contribution in [2.24, 2.45) is 0 Å². The number of hydrogen-bond acceptors (Lipinski definition) is 3. The molecule has 112 valence electrons. The third kappa shape index (κ3) is 3.84. The van der Waals surface area contributed by atoms with Crippen molar-refractivity contribution in [3.05, 3.63) is 30.1 Å².